The molecule has 0 unspecified atom stereocenters. The third kappa shape index (κ3) is 3.06. The van der Waals surface area contributed by atoms with Crippen molar-refractivity contribution in [1.82, 2.24) is 9.97 Å². The van der Waals surface area contributed by atoms with Gasteiger partial charge in [-0.1, -0.05) is 23.2 Å². The van der Waals surface area contributed by atoms with Crippen LogP contribution in [0.15, 0.2) is 30.6 Å². The first-order valence-electron chi connectivity index (χ1n) is 4.73. The highest BCUT2D eigenvalue weighted by Gasteiger charge is 2.03. The molecule has 0 atom stereocenters. The van der Waals surface area contributed by atoms with Crippen molar-refractivity contribution >= 4 is 23.2 Å². The minimum absolute atomic E-state index is 0.104. The smallest absolute Gasteiger partial charge is 0.321 e. The lowest BCUT2D eigenvalue weighted by Gasteiger charge is -2.04. The molecule has 1 N–H and O–H groups in total. The number of hydrogen-bond donors (Lipinski definition) is 1. The van der Waals surface area contributed by atoms with Gasteiger partial charge in [-0.2, -0.15) is 0 Å². The summed E-state index contributed by atoms with van der Waals surface area (Å²) in [6.45, 7) is -0.104. The zero-order chi connectivity index (χ0) is 12.3. The lowest BCUT2D eigenvalue weighted by molar-refractivity contribution is 0.280. The van der Waals surface area contributed by atoms with Crippen LogP contribution in [-0.4, -0.2) is 15.1 Å². The summed E-state index contributed by atoms with van der Waals surface area (Å²) in [6, 6.07) is 5.05. The number of nitrogens with zero attached hydrogens (tertiary/aromatic N) is 2. The largest absolute Gasteiger partial charge is 0.424 e. The normalized spacial score (nSPS) is 10.3. The van der Waals surface area contributed by atoms with Crippen molar-refractivity contribution in [3.63, 3.8) is 0 Å². The van der Waals surface area contributed by atoms with Crippen molar-refractivity contribution in [3.05, 3.63) is 46.2 Å². The molecule has 1 aromatic heterocycles. The summed E-state index contributed by atoms with van der Waals surface area (Å²) in [5.41, 5.74) is 0.617. The lowest BCUT2D eigenvalue weighted by atomic mass is 10.3. The van der Waals surface area contributed by atoms with Gasteiger partial charge in [0.25, 0.3) is 0 Å². The van der Waals surface area contributed by atoms with Crippen LogP contribution in [0.4, 0.5) is 0 Å². The number of aliphatic hydroxyl groups excluding tert-OH is 1. The first-order chi connectivity index (χ1) is 8.19. The van der Waals surface area contributed by atoms with Crippen molar-refractivity contribution in [3.8, 4) is 11.8 Å². The molecule has 1 heterocycles. The molecule has 2 aromatic rings. The fourth-order valence-electron chi connectivity index (χ4n) is 1.12. The molecular weight excluding hydrogens is 263 g/mol. The highest BCUT2D eigenvalue weighted by atomic mass is 35.5. The van der Waals surface area contributed by atoms with E-state index in [1.165, 1.54) is 12.4 Å². The van der Waals surface area contributed by atoms with E-state index in [9.17, 15) is 0 Å². The van der Waals surface area contributed by atoms with E-state index in [4.69, 9.17) is 33.0 Å². The summed E-state index contributed by atoms with van der Waals surface area (Å²) in [4.78, 5) is 7.85. The number of benzene rings is 1. The predicted molar refractivity (Wildman–Crippen MR) is 64.5 cm³/mol. The molecule has 0 fully saturated rings. The van der Waals surface area contributed by atoms with Crippen LogP contribution in [-0.2, 0) is 6.61 Å². The van der Waals surface area contributed by atoms with Gasteiger partial charge in [0.1, 0.15) is 5.75 Å². The fraction of sp³-hybridized carbons (Fsp3) is 0.0909. The predicted octanol–water partition coefficient (Wildman–Crippen LogP) is 3.07. The third-order valence-electron chi connectivity index (χ3n) is 1.96. The van der Waals surface area contributed by atoms with Crippen LogP contribution in [0.3, 0.4) is 0 Å². The summed E-state index contributed by atoms with van der Waals surface area (Å²) >= 11 is 11.6. The summed E-state index contributed by atoms with van der Waals surface area (Å²) < 4.78 is 5.37. The van der Waals surface area contributed by atoms with Gasteiger partial charge < -0.3 is 9.84 Å². The van der Waals surface area contributed by atoms with Gasteiger partial charge in [-0.3, -0.25) is 0 Å². The number of aromatic nitrogens is 2. The molecule has 0 amide bonds. The van der Waals surface area contributed by atoms with E-state index in [2.05, 4.69) is 9.97 Å². The molecule has 0 radical (unpaired) electrons. The molecule has 0 aliphatic carbocycles. The quantitative estimate of drug-likeness (QED) is 0.932. The minimum Gasteiger partial charge on any atom is -0.424 e. The van der Waals surface area contributed by atoms with Gasteiger partial charge in [0.15, 0.2) is 0 Å². The maximum absolute atomic E-state index is 8.83. The Morgan fingerprint density at radius 2 is 1.82 bits per heavy atom. The van der Waals surface area contributed by atoms with Crippen LogP contribution in [0.5, 0.6) is 11.8 Å². The van der Waals surface area contributed by atoms with Gasteiger partial charge in [-0.15, -0.1) is 0 Å². The van der Waals surface area contributed by atoms with Crippen molar-refractivity contribution in [2.24, 2.45) is 0 Å². The summed E-state index contributed by atoms with van der Waals surface area (Å²) in [6.07, 6.45) is 2.97. The second-order valence-corrected chi connectivity index (χ2v) is 4.02. The molecule has 6 heteroatoms. The molecule has 0 aliphatic heterocycles. The van der Waals surface area contributed by atoms with E-state index in [-0.39, 0.29) is 12.6 Å². The van der Waals surface area contributed by atoms with Crippen LogP contribution >= 0.6 is 23.2 Å². The standard InChI is InChI=1S/C11H8Cl2N2O2/c12-9-2-1-8(3-10(9)13)17-11-14-4-7(6-16)5-15-11/h1-5,16H,6H2. The molecule has 88 valence electrons. The molecule has 4 nitrogen and oxygen atoms in total. The van der Waals surface area contributed by atoms with Gasteiger partial charge in [0.05, 0.1) is 16.7 Å². The zero-order valence-corrected chi connectivity index (χ0v) is 10.1. The van der Waals surface area contributed by atoms with Crippen LogP contribution in [0.2, 0.25) is 10.0 Å². The lowest BCUT2D eigenvalue weighted by Crippen LogP contribution is -1.93. The topological polar surface area (TPSA) is 55.2 Å². The van der Waals surface area contributed by atoms with Crippen LogP contribution < -0.4 is 4.74 Å². The maximum atomic E-state index is 8.83. The number of aliphatic hydroxyl groups is 1. The summed E-state index contributed by atoms with van der Waals surface area (Å²) in [5, 5.41) is 9.69. The molecule has 1 aromatic carbocycles. The van der Waals surface area contributed by atoms with E-state index >= 15 is 0 Å². The van der Waals surface area contributed by atoms with Gasteiger partial charge in [0.2, 0.25) is 0 Å². The Hall–Kier alpha value is -1.36. The number of halogens is 2. The van der Waals surface area contributed by atoms with E-state index in [0.717, 1.165) is 0 Å². The van der Waals surface area contributed by atoms with Crippen LogP contribution in [0, 0.1) is 0 Å². The molecule has 2 rings (SSSR count). The van der Waals surface area contributed by atoms with Crippen LogP contribution in [0.25, 0.3) is 0 Å². The Morgan fingerprint density at radius 3 is 2.41 bits per heavy atom. The minimum atomic E-state index is -0.104. The van der Waals surface area contributed by atoms with E-state index in [1.807, 2.05) is 0 Å². The molecule has 0 bridgehead atoms. The van der Waals surface area contributed by atoms with Crippen molar-refractivity contribution in [2.75, 3.05) is 0 Å². The average Bonchev–Trinajstić information content (AvgIpc) is 2.35. The van der Waals surface area contributed by atoms with Gasteiger partial charge in [0, 0.05) is 24.0 Å². The van der Waals surface area contributed by atoms with E-state index in [1.54, 1.807) is 18.2 Å². The Morgan fingerprint density at radius 1 is 1.12 bits per heavy atom. The molecule has 0 spiro atoms. The van der Waals surface area contributed by atoms with Gasteiger partial charge in [-0.05, 0) is 12.1 Å². The Balaban J connectivity index is 2.16. The number of ether oxygens (including phenoxy) is 1. The monoisotopic (exact) mass is 270 g/mol. The molecular formula is C11H8Cl2N2O2. The third-order valence-corrected chi connectivity index (χ3v) is 2.70. The number of rotatable bonds is 3. The first-order valence-corrected chi connectivity index (χ1v) is 5.49. The zero-order valence-electron chi connectivity index (χ0n) is 8.60. The Kier molecular flexibility index (Phi) is 3.78. The molecule has 0 saturated heterocycles. The fourth-order valence-corrected chi connectivity index (χ4v) is 1.41. The molecule has 0 aliphatic rings. The Bertz CT molecular complexity index is 517. The first kappa shape index (κ1) is 12.1. The summed E-state index contributed by atoms with van der Waals surface area (Å²) in [5.74, 6) is 0.496. The second kappa shape index (κ2) is 5.31. The molecule has 17 heavy (non-hydrogen) atoms. The van der Waals surface area contributed by atoms with Crippen molar-refractivity contribution in [1.29, 1.82) is 0 Å². The number of hydrogen-bond acceptors (Lipinski definition) is 4. The van der Waals surface area contributed by atoms with Crippen LogP contribution in [0.1, 0.15) is 5.56 Å². The maximum Gasteiger partial charge on any atom is 0.321 e. The molecule has 0 saturated carbocycles. The SMILES string of the molecule is OCc1cnc(Oc2ccc(Cl)c(Cl)c2)nc1. The average molecular weight is 271 g/mol. The van der Waals surface area contributed by atoms with Gasteiger partial charge >= 0.3 is 6.01 Å². The second-order valence-electron chi connectivity index (χ2n) is 3.21. The Labute approximate surface area is 108 Å². The highest BCUT2D eigenvalue weighted by molar-refractivity contribution is 6.42. The highest BCUT2D eigenvalue weighted by Crippen LogP contribution is 2.28. The van der Waals surface area contributed by atoms with Crippen molar-refractivity contribution < 1.29 is 9.84 Å². The summed E-state index contributed by atoms with van der Waals surface area (Å²) in [7, 11) is 0. The van der Waals surface area contributed by atoms with E-state index in [0.29, 0.717) is 21.4 Å². The van der Waals surface area contributed by atoms with E-state index < -0.39 is 0 Å². The van der Waals surface area contributed by atoms with Crippen molar-refractivity contribution in [2.45, 2.75) is 6.61 Å². The van der Waals surface area contributed by atoms with Gasteiger partial charge in [-0.25, -0.2) is 9.97 Å².